The zero-order valence-electron chi connectivity index (χ0n) is 22.5. The van der Waals surface area contributed by atoms with Gasteiger partial charge in [0.15, 0.2) is 17.3 Å². The van der Waals surface area contributed by atoms with Crippen molar-refractivity contribution in [2.24, 2.45) is 5.41 Å². The first-order chi connectivity index (χ1) is 20.3. The van der Waals surface area contributed by atoms with E-state index in [0.717, 1.165) is 11.3 Å². The summed E-state index contributed by atoms with van der Waals surface area (Å²) >= 11 is 0. The van der Waals surface area contributed by atoms with Crippen molar-refractivity contribution >= 4 is 35.1 Å². The second-order valence-corrected chi connectivity index (χ2v) is 10.8. The van der Waals surface area contributed by atoms with E-state index in [4.69, 9.17) is 4.74 Å². The Balaban J connectivity index is 1.48. The van der Waals surface area contributed by atoms with Crippen molar-refractivity contribution in [2.75, 3.05) is 4.90 Å². The molecule has 42 heavy (non-hydrogen) atoms. The molecule has 0 amide bonds. The lowest BCUT2D eigenvalue weighted by molar-refractivity contribution is -0.131. The number of hydrogen-bond donors (Lipinski definition) is 0. The minimum absolute atomic E-state index is 0.290. The molecule has 4 aromatic carbocycles. The lowest BCUT2D eigenvalue weighted by Gasteiger charge is -2.37. The van der Waals surface area contributed by atoms with Gasteiger partial charge in [0.2, 0.25) is 0 Å². The topological polar surface area (TPSA) is 80.8 Å². The number of rotatable bonds is 4. The van der Waals surface area contributed by atoms with Gasteiger partial charge in [0.25, 0.3) is 0 Å². The van der Waals surface area contributed by atoms with Crippen molar-refractivity contribution in [2.45, 2.75) is 24.9 Å². The average Bonchev–Trinajstić information content (AvgIpc) is 3.43. The Kier molecular flexibility index (Phi) is 5.80. The van der Waals surface area contributed by atoms with E-state index in [1.165, 1.54) is 31.2 Å². The van der Waals surface area contributed by atoms with Crippen molar-refractivity contribution in [3.05, 3.63) is 137 Å². The molecular formula is C35H24FNO5. The molecule has 4 aromatic rings. The molecule has 7 rings (SSSR count). The van der Waals surface area contributed by atoms with Crippen LogP contribution in [0.3, 0.4) is 0 Å². The molecule has 0 N–H and O–H groups in total. The summed E-state index contributed by atoms with van der Waals surface area (Å²) in [6.07, 6.45) is 3.74. The number of anilines is 1. The molecule has 0 aromatic heterocycles. The molecule has 1 aliphatic carbocycles. The van der Waals surface area contributed by atoms with Crippen LogP contribution < -0.4 is 9.64 Å². The van der Waals surface area contributed by atoms with Gasteiger partial charge in [-0.15, -0.1) is 0 Å². The Morgan fingerprint density at radius 3 is 2.07 bits per heavy atom. The normalized spacial score (nSPS) is 21.2. The van der Waals surface area contributed by atoms with E-state index < -0.39 is 35.2 Å². The fourth-order valence-electron chi connectivity index (χ4n) is 6.98. The minimum atomic E-state index is -1.66. The third kappa shape index (κ3) is 3.56. The molecule has 0 bridgehead atoms. The summed E-state index contributed by atoms with van der Waals surface area (Å²) in [6.45, 7) is 1.29. The highest BCUT2D eigenvalue weighted by molar-refractivity contribution is 6.32. The standard InChI is InChI=1S/C35H24FNO5/c1-20(38)42-25-17-12-23(13-18-25)32(39)31-30(22-10-15-24(36)16-11-22)35(33(40)26-7-3-4-8-27(26)34(35)41)29-19-14-21-6-2-5-9-28(21)37(29)31/h2-19,29-31H,1H3/t29-,30-,31+/m0/s1. The van der Waals surface area contributed by atoms with Gasteiger partial charge < -0.3 is 9.64 Å². The molecule has 7 heteroatoms. The lowest BCUT2D eigenvalue weighted by atomic mass is 9.64. The third-order valence-corrected chi connectivity index (χ3v) is 8.61. The fourth-order valence-corrected chi connectivity index (χ4v) is 6.98. The maximum atomic E-state index is 14.7. The van der Waals surface area contributed by atoms with E-state index in [-0.39, 0.29) is 23.1 Å². The minimum Gasteiger partial charge on any atom is -0.427 e. The first kappa shape index (κ1) is 25.8. The van der Waals surface area contributed by atoms with Crippen LogP contribution in [0.5, 0.6) is 5.75 Å². The number of hydrogen-bond acceptors (Lipinski definition) is 6. The first-order valence-electron chi connectivity index (χ1n) is 13.6. The molecule has 0 saturated carbocycles. The van der Waals surface area contributed by atoms with Crippen LogP contribution >= 0.6 is 0 Å². The van der Waals surface area contributed by atoms with Crippen molar-refractivity contribution < 1.29 is 28.3 Å². The second-order valence-electron chi connectivity index (χ2n) is 10.8. The van der Waals surface area contributed by atoms with Crippen molar-refractivity contribution in [3.63, 3.8) is 0 Å². The van der Waals surface area contributed by atoms with Gasteiger partial charge in [0, 0.05) is 35.2 Å². The number of para-hydroxylation sites is 1. The van der Waals surface area contributed by atoms with Crippen molar-refractivity contribution in [1.82, 2.24) is 0 Å². The molecule has 6 nitrogen and oxygen atoms in total. The number of Topliss-reactive ketones (excluding diaryl/α,β-unsaturated/α-hetero) is 3. The number of nitrogens with zero attached hydrogens (tertiary/aromatic N) is 1. The Bertz CT molecular complexity index is 1790. The maximum absolute atomic E-state index is 14.7. The number of carbonyl (C=O) groups is 4. The monoisotopic (exact) mass is 557 g/mol. The summed E-state index contributed by atoms with van der Waals surface area (Å²) in [5.41, 5.74) is 1.38. The van der Waals surface area contributed by atoms with E-state index in [1.54, 1.807) is 48.5 Å². The predicted octanol–water partition coefficient (Wildman–Crippen LogP) is 6.07. The second kappa shape index (κ2) is 9.45. The highest BCUT2D eigenvalue weighted by Crippen LogP contribution is 2.60. The summed E-state index contributed by atoms with van der Waals surface area (Å²) in [6, 6.07) is 24.4. The van der Waals surface area contributed by atoms with Crippen molar-refractivity contribution in [1.29, 1.82) is 0 Å². The number of ether oxygens (including phenoxy) is 1. The van der Waals surface area contributed by atoms with Crippen LogP contribution in [0.25, 0.3) is 6.08 Å². The van der Waals surface area contributed by atoms with E-state index in [0.29, 0.717) is 22.3 Å². The molecule has 0 unspecified atom stereocenters. The number of ketones is 3. The molecule has 1 saturated heterocycles. The number of halogens is 1. The zero-order valence-corrected chi connectivity index (χ0v) is 22.5. The molecule has 1 spiro atoms. The zero-order chi connectivity index (χ0) is 29.2. The van der Waals surface area contributed by atoms with Crippen LogP contribution in [0.1, 0.15) is 55.0 Å². The van der Waals surface area contributed by atoms with Gasteiger partial charge >= 0.3 is 5.97 Å². The smallest absolute Gasteiger partial charge is 0.308 e. The third-order valence-electron chi connectivity index (χ3n) is 8.61. The fraction of sp³-hybridized carbons (Fsp3) is 0.143. The molecular weight excluding hydrogens is 533 g/mol. The van der Waals surface area contributed by atoms with Crippen LogP contribution in [-0.2, 0) is 4.79 Å². The number of esters is 1. The average molecular weight is 558 g/mol. The summed E-state index contributed by atoms with van der Waals surface area (Å²) < 4.78 is 19.3. The van der Waals surface area contributed by atoms with Gasteiger partial charge in [-0.25, -0.2) is 4.39 Å². The quantitative estimate of drug-likeness (QED) is 0.131. The number of carbonyl (C=O) groups excluding carboxylic acids is 4. The van der Waals surface area contributed by atoms with Crippen LogP contribution in [0.4, 0.5) is 10.1 Å². The summed E-state index contributed by atoms with van der Waals surface area (Å²) in [4.78, 5) is 57.2. The highest BCUT2D eigenvalue weighted by atomic mass is 19.1. The van der Waals surface area contributed by atoms with Gasteiger partial charge in [0.1, 0.15) is 23.0 Å². The molecule has 3 aliphatic rings. The van der Waals surface area contributed by atoms with E-state index in [9.17, 15) is 23.6 Å². The van der Waals surface area contributed by atoms with Gasteiger partial charge in [-0.3, -0.25) is 19.2 Å². The highest BCUT2D eigenvalue weighted by Gasteiger charge is 2.71. The van der Waals surface area contributed by atoms with Gasteiger partial charge in [0.05, 0.1) is 6.04 Å². The van der Waals surface area contributed by atoms with Gasteiger partial charge in [-0.2, -0.15) is 0 Å². The molecule has 1 fully saturated rings. The predicted molar refractivity (Wildman–Crippen MR) is 154 cm³/mol. The SMILES string of the molecule is CC(=O)Oc1ccc(C(=O)[C@H]2[C@H](c3ccc(F)cc3)C3(C(=O)c4ccccc4C3=O)[C@@H]3C=Cc4ccccc4N32)cc1. The summed E-state index contributed by atoms with van der Waals surface area (Å²) in [5.74, 6) is -2.62. The molecule has 206 valence electrons. The summed E-state index contributed by atoms with van der Waals surface area (Å²) in [5, 5.41) is 0. The summed E-state index contributed by atoms with van der Waals surface area (Å²) in [7, 11) is 0. The van der Waals surface area contributed by atoms with Crippen LogP contribution in [0.2, 0.25) is 0 Å². The Hall–Kier alpha value is -5.17. The number of benzene rings is 4. The molecule has 0 radical (unpaired) electrons. The van der Waals surface area contributed by atoms with Crippen LogP contribution in [0, 0.1) is 11.2 Å². The Labute approximate surface area is 241 Å². The molecule has 2 heterocycles. The van der Waals surface area contributed by atoms with Crippen molar-refractivity contribution in [3.8, 4) is 5.75 Å². The van der Waals surface area contributed by atoms with Crippen LogP contribution in [0.15, 0.2) is 103 Å². The first-order valence-corrected chi connectivity index (χ1v) is 13.6. The Morgan fingerprint density at radius 2 is 1.43 bits per heavy atom. The molecule has 2 aliphatic heterocycles. The lowest BCUT2D eigenvalue weighted by Crippen LogP contribution is -2.48. The van der Waals surface area contributed by atoms with Gasteiger partial charge in [-0.05, 0) is 53.6 Å². The van der Waals surface area contributed by atoms with Gasteiger partial charge in [-0.1, -0.05) is 66.7 Å². The van der Waals surface area contributed by atoms with E-state index in [2.05, 4.69) is 0 Å². The maximum Gasteiger partial charge on any atom is 0.308 e. The molecule has 3 atom stereocenters. The largest absolute Gasteiger partial charge is 0.427 e. The van der Waals surface area contributed by atoms with E-state index in [1.807, 2.05) is 41.3 Å². The van der Waals surface area contributed by atoms with Crippen LogP contribution in [-0.4, -0.2) is 35.4 Å². The number of fused-ring (bicyclic) bond motifs is 5. The van der Waals surface area contributed by atoms with E-state index >= 15 is 0 Å². The Morgan fingerprint density at radius 1 is 0.810 bits per heavy atom.